The molecule has 3 N–H and O–H groups in total. The Hall–Kier alpha value is -1.19. The van der Waals surface area contributed by atoms with Gasteiger partial charge in [-0.15, -0.1) is 0 Å². The van der Waals surface area contributed by atoms with Crippen LogP contribution in [-0.4, -0.2) is 28.3 Å². The van der Waals surface area contributed by atoms with Crippen molar-refractivity contribution in [3.63, 3.8) is 0 Å². The van der Waals surface area contributed by atoms with Gasteiger partial charge in [0.25, 0.3) is 0 Å². The van der Waals surface area contributed by atoms with Gasteiger partial charge in [0.15, 0.2) is 0 Å². The quantitative estimate of drug-likeness (QED) is 0.498. The van der Waals surface area contributed by atoms with Gasteiger partial charge in [0.05, 0.1) is 11.7 Å². The van der Waals surface area contributed by atoms with Crippen molar-refractivity contribution in [3.05, 3.63) is 0 Å². The fraction of sp³-hybridized carbons (Fsp3) is 0.750. The lowest BCUT2D eigenvalue weighted by Crippen LogP contribution is -2.40. The maximum atomic E-state index is 7.95. The van der Waals surface area contributed by atoms with Crippen molar-refractivity contribution in [2.24, 2.45) is 5.92 Å². The van der Waals surface area contributed by atoms with Gasteiger partial charge in [0, 0.05) is 18.2 Å². The van der Waals surface area contributed by atoms with Crippen molar-refractivity contribution in [3.8, 4) is 0 Å². The first-order valence-corrected chi connectivity index (χ1v) is 5.94. The van der Waals surface area contributed by atoms with E-state index in [1.165, 1.54) is 0 Å². The van der Waals surface area contributed by atoms with Crippen LogP contribution in [0.5, 0.6) is 0 Å². The number of hydrogen-bond donors (Lipinski definition) is 3. The van der Waals surface area contributed by atoms with E-state index < -0.39 is 0 Å². The Morgan fingerprint density at radius 1 is 1.31 bits per heavy atom. The van der Waals surface area contributed by atoms with Gasteiger partial charge >= 0.3 is 0 Å². The van der Waals surface area contributed by atoms with Crippen molar-refractivity contribution in [2.45, 2.75) is 52.5 Å². The Bertz CT molecular complexity index is 294. The van der Waals surface area contributed by atoms with Crippen molar-refractivity contribution in [2.75, 3.05) is 0 Å². The minimum atomic E-state index is 0.166. The second-order valence-corrected chi connectivity index (χ2v) is 4.65. The summed E-state index contributed by atoms with van der Waals surface area (Å²) in [6, 6.07) is 0.166. The average Bonchev–Trinajstić information content (AvgIpc) is 2.46. The van der Waals surface area contributed by atoms with Gasteiger partial charge in [0.1, 0.15) is 0 Å². The third-order valence-electron chi connectivity index (χ3n) is 3.23. The number of nitrogens with zero attached hydrogens (tertiary/aromatic N) is 1. The molecule has 1 rings (SSSR count). The van der Waals surface area contributed by atoms with Crippen LogP contribution in [0.1, 0.15) is 46.5 Å². The molecule has 1 saturated carbocycles. The van der Waals surface area contributed by atoms with Crippen molar-refractivity contribution < 1.29 is 0 Å². The van der Waals surface area contributed by atoms with Crippen LogP contribution < -0.4 is 0 Å². The molecular weight excluding hydrogens is 200 g/mol. The number of nitrogens with one attached hydrogen (secondary N) is 3. The predicted octanol–water partition coefficient (Wildman–Crippen LogP) is 2.88. The van der Waals surface area contributed by atoms with Gasteiger partial charge in [-0.25, -0.2) is 0 Å². The average molecular weight is 222 g/mol. The van der Waals surface area contributed by atoms with Crippen LogP contribution >= 0.6 is 0 Å². The van der Waals surface area contributed by atoms with Gasteiger partial charge in [-0.05, 0) is 32.6 Å². The highest BCUT2D eigenvalue weighted by molar-refractivity contribution is 5.97. The molecule has 0 aromatic rings. The molecule has 2 atom stereocenters. The van der Waals surface area contributed by atoms with Crippen LogP contribution in [0.3, 0.4) is 0 Å². The number of amidine groups is 2. The summed E-state index contributed by atoms with van der Waals surface area (Å²) < 4.78 is 0. The van der Waals surface area contributed by atoms with E-state index in [1.54, 1.807) is 18.7 Å². The SMILES string of the molecule is CCCC1CC(N(C(C)=N)C(C)=N)CC1=N. The van der Waals surface area contributed by atoms with Crippen LogP contribution in [-0.2, 0) is 0 Å². The molecule has 0 saturated heterocycles. The van der Waals surface area contributed by atoms with E-state index >= 15 is 0 Å². The minimum Gasteiger partial charge on any atom is -0.316 e. The molecule has 0 bridgehead atoms. The van der Waals surface area contributed by atoms with Gasteiger partial charge < -0.3 is 10.3 Å². The fourth-order valence-electron chi connectivity index (χ4n) is 2.61. The Balaban J connectivity index is 2.72. The van der Waals surface area contributed by atoms with E-state index in [2.05, 4.69) is 6.92 Å². The molecule has 0 aromatic heterocycles. The summed E-state index contributed by atoms with van der Waals surface area (Å²) in [6.07, 6.45) is 3.82. The monoisotopic (exact) mass is 222 g/mol. The molecular formula is C12H22N4. The highest BCUT2D eigenvalue weighted by atomic mass is 15.2. The Labute approximate surface area is 97.6 Å². The predicted molar refractivity (Wildman–Crippen MR) is 67.8 cm³/mol. The standard InChI is InChI=1S/C12H22N4/c1-4-5-10-6-11(7-12(10)15)16(8(2)13)9(3)14/h10-11,13-15H,4-7H2,1-3H3. The summed E-state index contributed by atoms with van der Waals surface area (Å²) in [7, 11) is 0. The van der Waals surface area contributed by atoms with Gasteiger partial charge in [-0.1, -0.05) is 13.3 Å². The van der Waals surface area contributed by atoms with Crippen LogP contribution in [0.15, 0.2) is 0 Å². The molecule has 0 aromatic carbocycles. The summed E-state index contributed by atoms with van der Waals surface area (Å²) in [6.45, 7) is 5.58. The molecule has 0 radical (unpaired) electrons. The van der Waals surface area contributed by atoms with Crippen LogP contribution in [0.25, 0.3) is 0 Å². The molecule has 0 aliphatic heterocycles. The minimum absolute atomic E-state index is 0.166. The Morgan fingerprint density at radius 3 is 2.31 bits per heavy atom. The third-order valence-corrected chi connectivity index (χ3v) is 3.23. The van der Waals surface area contributed by atoms with E-state index in [9.17, 15) is 0 Å². The lowest BCUT2D eigenvalue weighted by molar-refractivity contribution is 0.407. The Kier molecular flexibility index (Phi) is 4.21. The number of rotatable bonds is 3. The van der Waals surface area contributed by atoms with Gasteiger partial charge in [-0.2, -0.15) is 0 Å². The summed E-state index contributed by atoms with van der Waals surface area (Å²) >= 11 is 0. The molecule has 1 aliphatic rings. The lowest BCUT2D eigenvalue weighted by Gasteiger charge is -2.28. The van der Waals surface area contributed by atoms with Crippen LogP contribution in [0.4, 0.5) is 0 Å². The molecule has 4 nitrogen and oxygen atoms in total. The second-order valence-electron chi connectivity index (χ2n) is 4.65. The van der Waals surface area contributed by atoms with Crippen LogP contribution in [0.2, 0.25) is 0 Å². The Morgan fingerprint density at radius 2 is 1.88 bits per heavy atom. The first kappa shape index (κ1) is 12.9. The summed E-state index contributed by atoms with van der Waals surface area (Å²) in [4.78, 5) is 1.75. The third kappa shape index (κ3) is 2.68. The fourth-order valence-corrected chi connectivity index (χ4v) is 2.61. The molecule has 0 amide bonds. The van der Waals surface area contributed by atoms with E-state index in [0.717, 1.165) is 31.4 Å². The maximum absolute atomic E-state index is 7.95. The topological polar surface area (TPSA) is 74.8 Å². The first-order chi connectivity index (χ1) is 7.47. The smallest absolute Gasteiger partial charge is 0.0982 e. The molecule has 2 unspecified atom stereocenters. The lowest BCUT2D eigenvalue weighted by atomic mass is 10.0. The van der Waals surface area contributed by atoms with E-state index in [-0.39, 0.29) is 6.04 Å². The van der Waals surface area contributed by atoms with Gasteiger partial charge in [0.2, 0.25) is 0 Å². The van der Waals surface area contributed by atoms with E-state index in [4.69, 9.17) is 16.2 Å². The highest BCUT2D eigenvalue weighted by Crippen LogP contribution is 2.30. The molecule has 0 heterocycles. The molecule has 1 aliphatic carbocycles. The zero-order chi connectivity index (χ0) is 12.3. The zero-order valence-electron chi connectivity index (χ0n) is 10.4. The van der Waals surface area contributed by atoms with Crippen molar-refractivity contribution in [1.29, 1.82) is 16.2 Å². The van der Waals surface area contributed by atoms with Gasteiger partial charge in [-0.3, -0.25) is 10.8 Å². The molecule has 0 spiro atoms. The van der Waals surface area contributed by atoms with Crippen LogP contribution in [0, 0.1) is 22.1 Å². The first-order valence-electron chi connectivity index (χ1n) is 5.94. The molecule has 1 fully saturated rings. The second kappa shape index (κ2) is 5.23. The zero-order valence-corrected chi connectivity index (χ0v) is 10.4. The largest absolute Gasteiger partial charge is 0.316 e. The van der Waals surface area contributed by atoms with E-state index in [1.807, 2.05) is 0 Å². The van der Waals surface area contributed by atoms with E-state index in [0.29, 0.717) is 17.6 Å². The normalized spacial score (nSPS) is 24.6. The highest BCUT2D eigenvalue weighted by Gasteiger charge is 2.33. The van der Waals surface area contributed by atoms with Crippen molar-refractivity contribution in [1.82, 2.24) is 4.90 Å². The van der Waals surface area contributed by atoms with Crippen molar-refractivity contribution >= 4 is 17.4 Å². The molecule has 16 heavy (non-hydrogen) atoms. The molecule has 90 valence electrons. The molecule has 4 heteroatoms. The summed E-state index contributed by atoms with van der Waals surface area (Å²) in [5.74, 6) is 1.21. The summed E-state index contributed by atoms with van der Waals surface area (Å²) in [5.41, 5.74) is 0.805. The summed E-state index contributed by atoms with van der Waals surface area (Å²) in [5, 5.41) is 23.3. The number of hydrogen-bond acceptors (Lipinski definition) is 3. The maximum Gasteiger partial charge on any atom is 0.0982 e.